The number of amides is 1. The van der Waals surface area contributed by atoms with Gasteiger partial charge in [-0.3, -0.25) is 9.79 Å². The van der Waals surface area contributed by atoms with E-state index in [0.717, 1.165) is 11.4 Å². The molecule has 0 spiro atoms. The summed E-state index contributed by atoms with van der Waals surface area (Å²) < 4.78 is 10.4. The van der Waals surface area contributed by atoms with Gasteiger partial charge >= 0.3 is 0 Å². The van der Waals surface area contributed by atoms with Gasteiger partial charge in [0.05, 0.1) is 19.1 Å². The van der Waals surface area contributed by atoms with E-state index in [4.69, 9.17) is 20.9 Å². The van der Waals surface area contributed by atoms with E-state index >= 15 is 0 Å². The molecule has 0 radical (unpaired) electrons. The molecular formula is C15H22N4O3. The molecule has 0 saturated carbocycles. The number of nitrogens with zero attached hydrogens (tertiary/aromatic N) is 1. The summed E-state index contributed by atoms with van der Waals surface area (Å²) in [4.78, 5) is 16.0. The standard InChI is InChI=1S/C15H22N4O3/c1-21-12-4-2-3-11(9-12)19-14(17)18-10-15(13(16)20)5-7-22-8-6-15/h2-4,9H,5-8,10H2,1H3,(H2,16,20)(H3,17,18,19). The first-order valence-electron chi connectivity index (χ1n) is 7.14. The fourth-order valence-electron chi connectivity index (χ4n) is 2.37. The van der Waals surface area contributed by atoms with Gasteiger partial charge < -0.3 is 26.3 Å². The minimum Gasteiger partial charge on any atom is -0.497 e. The van der Waals surface area contributed by atoms with Crippen molar-refractivity contribution in [3.05, 3.63) is 24.3 Å². The number of anilines is 1. The number of methoxy groups -OCH3 is 1. The first kappa shape index (κ1) is 16.1. The maximum Gasteiger partial charge on any atom is 0.225 e. The van der Waals surface area contributed by atoms with Gasteiger partial charge in [0.1, 0.15) is 5.75 Å². The van der Waals surface area contributed by atoms with Gasteiger partial charge in [0.15, 0.2) is 5.96 Å². The summed E-state index contributed by atoms with van der Waals surface area (Å²) in [6, 6.07) is 7.34. The zero-order chi connectivity index (χ0) is 16.0. The zero-order valence-corrected chi connectivity index (χ0v) is 12.7. The topological polar surface area (TPSA) is 112 Å². The average Bonchev–Trinajstić information content (AvgIpc) is 2.54. The first-order valence-corrected chi connectivity index (χ1v) is 7.14. The van der Waals surface area contributed by atoms with E-state index in [1.807, 2.05) is 18.2 Å². The summed E-state index contributed by atoms with van der Waals surface area (Å²) >= 11 is 0. The summed E-state index contributed by atoms with van der Waals surface area (Å²) in [5, 5.41) is 2.98. The Morgan fingerprint density at radius 2 is 2.14 bits per heavy atom. The lowest BCUT2D eigenvalue weighted by Crippen LogP contribution is -2.44. The van der Waals surface area contributed by atoms with Crippen LogP contribution < -0.4 is 21.5 Å². The summed E-state index contributed by atoms with van der Waals surface area (Å²) in [5.74, 6) is 0.602. The third-order valence-electron chi connectivity index (χ3n) is 3.87. The fraction of sp³-hybridized carbons (Fsp3) is 0.467. The summed E-state index contributed by atoms with van der Waals surface area (Å²) in [6.07, 6.45) is 1.14. The van der Waals surface area contributed by atoms with Crippen LogP contribution in [0.5, 0.6) is 5.75 Å². The lowest BCUT2D eigenvalue weighted by Gasteiger charge is -2.32. The molecule has 0 aliphatic carbocycles. The Morgan fingerprint density at radius 1 is 1.41 bits per heavy atom. The van der Waals surface area contributed by atoms with E-state index in [1.54, 1.807) is 13.2 Å². The highest BCUT2D eigenvalue weighted by Crippen LogP contribution is 2.30. The van der Waals surface area contributed by atoms with Crippen LogP contribution in [0.3, 0.4) is 0 Å². The first-order chi connectivity index (χ1) is 10.6. The number of hydrogen-bond acceptors (Lipinski definition) is 4. The molecule has 5 N–H and O–H groups in total. The smallest absolute Gasteiger partial charge is 0.225 e. The third kappa shape index (κ3) is 3.88. The lowest BCUT2D eigenvalue weighted by molar-refractivity contribution is -0.132. The predicted octanol–water partition coefficient (Wildman–Crippen LogP) is 0.704. The van der Waals surface area contributed by atoms with Crippen molar-refractivity contribution in [3.63, 3.8) is 0 Å². The molecule has 0 unspecified atom stereocenters. The molecular weight excluding hydrogens is 284 g/mol. The highest BCUT2D eigenvalue weighted by atomic mass is 16.5. The van der Waals surface area contributed by atoms with E-state index in [1.165, 1.54) is 0 Å². The highest BCUT2D eigenvalue weighted by Gasteiger charge is 2.38. The fourth-order valence-corrected chi connectivity index (χ4v) is 2.37. The van der Waals surface area contributed by atoms with Gasteiger partial charge in [-0.25, -0.2) is 0 Å². The van der Waals surface area contributed by atoms with Gasteiger partial charge in [0.2, 0.25) is 5.91 Å². The number of rotatable bonds is 5. The Labute approximate surface area is 129 Å². The molecule has 1 heterocycles. The Hall–Kier alpha value is -2.28. The number of carbonyl (C=O) groups is 1. The summed E-state index contributed by atoms with van der Waals surface area (Å²) in [7, 11) is 1.60. The van der Waals surface area contributed by atoms with Crippen LogP contribution in [0.4, 0.5) is 5.69 Å². The monoisotopic (exact) mass is 306 g/mol. The third-order valence-corrected chi connectivity index (χ3v) is 3.87. The number of hydrogen-bond donors (Lipinski definition) is 3. The van der Waals surface area contributed by atoms with Crippen molar-refractivity contribution < 1.29 is 14.3 Å². The molecule has 120 valence electrons. The minimum absolute atomic E-state index is 0.236. The van der Waals surface area contributed by atoms with Gasteiger partial charge in [-0.15, -0.1) is 0 Å². The molecule has 1 amide bonds. The second kappa shape index (κ2) is 7.13. The Kier molecular flexibility index (Phi) is 5.21. The maximum absolute atomic E-state index is 11.8. The van der Waals surface area contributed by atoms with Crippen LogP contribution in [0.2, 0.25) is 0 Å². The molecule has 1 saturated heterocycles. The second-order valence-electron chi connectivity index (χ2n) is 5.32. The van der Waals surface area contributed by atoms with Gasteiger partial charge in [0, 0.05) is 25.0 Å². The number of carbonyl (C=O) groups excluding carboxylic acids is 1. The lowest BCUT2D eigenvalue weighted by atomic mass is 9.79. The number of primary amides is 1. The van der Waals surface area contributed by atoms with Crippen LogP contribution in [0.1, 0.15) is 12.8 Å². The maximum atomic E-state index is 11.8. The largest absolute Gasteiger partial charge is 0.497 e. The number of nitrogens with one attached hydrogen (secondary N) is 1. The van der Waals surface area contributed by atoms with E-state index in [-0.39, 0.29) is 18.4 Å². The van der Waals surface area contributed by atoms with E-state index in [9.17, 15) is 4.79 Å². The minimum atomic E-state index is -0.668. The molecule has 0 bridgehead atoms. The van der Waals surface area contributed by atoms with Crippen molar-refractivity contribution in [3.8, 4) is 5.75 Å². The summed E-state index contributed by atoms with van der Waals surface area (Å²) in [5.41, 5.74) is 11.5. The quantitative estimate of drug-likeness (QED) is 0.548. The van der Waals surface area contributed by atoms with Crippen molar-refractivity contribution in [2.24, 2.45) is 21.9 Å². The predicted molar refractivity (Wildman–Crippen MR) is 84.8 cm³/mol. The van der Waals surface area contributed by atoms with Gasteiger partial charge in [-0.2, -0.15) is 0 Å². The molecule has 0 atom stereocenters. The molecule has 1 aliphatic heterocycles. The van der Waals surface area contributed by atoms with Gasteiger partial charge in [-0.05, 0) is 25.0 Å². The number of ether oxygens (including phenoxy) is 2. The second-order valence-corrected chi connectivity index (χ2v) is 5.32. The molecule has 7 nitrogen and oxygen atoms in total. The van der Waals surface area contributed by atoms with Gasteiger partial charge in [0.25, 0.3) is 0 Å². The Morgan fingerprint density at radius 3 is 2.77 bits per heavy atom. The molecule has 1 aliphatic rings. The van der Waals surface area contributed by atoms with Crippen molar-refractivity contribution >= 4 is 17.6 Å². The van der Waals surface area contributed by atoms with Crippen LogP contribution in [-0.2, 0) is 9.53 Å². The molecule has 1 aromatic rings. The number of benzene rings is 1. The number of guanidine groups is 1. The van der Waals surface area contributed by atoms with E-state index in [0.29, 0.717) is 26.1 Å². The van der Waals surface area contributed by atoms with Crippen molar-refractivity contribution in [2.45, 2.75) is 12.8 Å². The molecule has 22 heavy (non-hydrogen) atoms. The van der Waals surface area contributed by atoms with Crippen LogP contribution in [0, 0.1) is 5.41 Å². The van der Waals surface area contributed by atoms with Crippen molar-refractivity contribution in [1.82, 2.24) is 0 Å². The molecule has 0 aromatic heterocycles. The van der Waals surface area contributed by atoms with Crippen LogP contribution in [-0.4, -0.2) is 38.7 Å². The highest BCUT2D eigenvalue weighted by molar-refractivity contribution is 5.92. The SMILES string of the molecule is COc1cccc(NC(N)=NCC2(C(N)=O)CCOCC2)c1. The van der Waals surface area contributed by atoms with Gasteiger partial charge in [-0.1, -0.05) is 6.07 Å². The Balaban J connectivity index is 2.03. The molecule has 1 fully saturated rings. The van der Waals surface area contributed by atoms with E-state index < -0.39 is 5.41 Å². The molecule has 1 aromatic carbocycles. The molecule has 2 rings (SSSR count). The van der Waals surface area contributed by atoms with Crippen LogP contribution in [0.15, 0.2) is 29.3 Å². The van der Waals surface area contributed by atoms with Crippen LogP contribution in [0.25, 0.3) is 0 Å². The normalized spacial score (nSPS) is 17.8. The summed E-state index contributed by atoms with van der Waals surface area (Å²) in [6.45, 7) is 1.29. The number of nitrogens with two attached hydrogens (primary N) is 2. The van der Waals surface area contributed by atoms with Crippen molar-refractivity contribution in [1.29, 1.82) is 0 Å². The molecule has 7 heteroatoms. The zero-order valence-electron chi connectivity index (χ0n) is 12.7. The average molecular weight is 306 g/mol. The van der Waals surface area contributed by atoms with Crippen LogP contribution >= 0.6 is 0 Å². The Bertz CT molecular complexity index is 553. The van der Waals surface area contributed by atoms with E-state index in [2.05, 4.69) is 10.3 Å². The number of aliphatic imine (C=N–C) groups is 1. The van der Waals surface area contributed by atoms with Crippen molar-refractivity contribution in [2.75, 3.05) is 32.2 Å².